The van der Waals surface area contributed by atoms with E-state index >= 15 is 0 Å². The molecule has 144 valence electrons. The van der Waals surface area contributed by atoms with Crippen molar-refractivity contribution in [3.8, 4) is 0 Å². The van der Waals surface area contributed by atoms with E-state index in [2.05, 4.69) is 20.6 Å². The molecule has 0 unspecified atom stereocenters. The van der Waals surface area contributed by atoms with Crippen LogP contribution < -0.4 is 17.2 Å². The van der Waals surface area contributed by atoms with E-state index in [0.29, 0.717) is 23.4 Å². The molecule has 3 rings (SSSR count). The Hall–Kier alpha value is -3.59. The Balaban J connectivity index is 2.24. The number of aromatic amines is 1. The standard InChI is InChI=1S/C19H21N7O2/c1-11(20)10-19(18-23-25-26-24-18,14-6-2-12(3-7-14)16(21)27)15-8-4-13(5-9-15)17(22)28/h2-9,11H,10,20H2,1H3,(H2,21,27)(H2,22,28)(H,23,24,25,26)/t11-/m1/s1. The first-order chi connectivity index (χ1) is 13.3. The third-order valence-electron chi connectivity index (χ3n) is 4.68. The van der Waals surface area contributed by atoms with Crippen LogP contribution in [0.25, 0.3) is 0 Å². The Labute approximate surface area is 161 Å². The highest BCUT2D eigenvalue weighted by molar-refractivity contribution is 5.93. The molecule has 0 saturated heterocycles. The van der Waals surface area contributed by atoms with Crippen LogP contribution in [0.1, 0.15) is 51.0 Å². The number of benzene rings is 2. The van der Waals surface area contributed by atoms with E-state index < -0.39 is 17.2 Å². The number of nitrogens with zero attached hydrogens (tertiary/aromatic N) is 3. The van der Waals surface area contributed by atoms with Crippen molar-refractivity contribution >= 4 is 11.8 Å². The minimum absolute atomic E-state index is 0.217. The van der Waals surface area contributed by atoms with E-state index in [9.17, 15) is 9.59 Å². The van der Waals surface area contributed by atoms with Gasteiger partial charge in [-0.15, -0.1) is 10.2 Å². The number of primary amides is 2. The maximum absolute atomic E-state index is 11.5. The van der Waals surface area contributed by atoms with Gasteiger partial charge in [0.1, 0.15) is 0 Å². The molecule has 9 nitrogen and oxygen atoms in total. The van der Waals surface area contributed by atoms with E-state index in [1.165, 1.54) is 0 Å². The van der Waals surface area contributed by atoms with Gasteiger partial charge in [-0.3, -0.25) is 9.59 Å². The Morgan fingerprint density at radius 1 is 0.964 bits per heavy atom. The molecule has 3 aromatic rings. The summed E-state index contributed by atoms with van der Waals surface area (Å²) < 4.78 is 0. The van der Waals surface area contributed by atoms with Gasteiger partial charge in [0.15, 0.2) is 5.82 Å². The fourth-order valence-corrected chi connectivity index (χ4v) is 3.42. The van der Waals surface area contributed by atoms with Gasteiger partial charge in [0.25, 0.3) is 0 Å². The number of rotatable bonds is 7. The van der Waals surface area contributed by atoms with Gasteiger partial charge in [-0.2, -0.15) is 5.21 Å². The SMILES string of the molecule is C[C@@H](N)CC(c1ccc(C(N)=O)cc1)(c1ccc(C(N)=O)cc1)c1nn[nH]n1. The lowest BCUT2D eigenvalue weighted by Crippen LogP contribution is -2.37. The summed E-state index contributed by atoms with van der Waals surface area (Å²) in [7, 11) is 0. The third-order valence-corrected chi connectivity index (χ3v) is 4.68. The predicted molar refractivity (Wildman–Crippen MR) is 102 cm³/mol. The van der Waals surface area contributed by atoms with Gasteiger partial charge in [-0.1, -0.05) is 29.5 Å². The third kappa shape index (κ3) is 3.47. The first kappa shape index (κ1) is 19.2. The summed E-state index contributed by atoms with van der Waals surface area (Å²) >= 11 is 0. The second-order valence-corrected chi connectivity index (χ2v) is 6.71. The first-order valence-electron chi connectivity index (χ1n) is 8.65. The van der Waals surface area contributed by atoms with E-state index in [-0.39, 0.29) is 6.04 Å². The Morgan fingerprint density at radius 3 is 1.75 bits per heavy atom. The van der Waals surface area contributed by atoms with Gasteiger partial charge in [0, 0.05) is 17.2 Å². The van der Waals surface area contributed by atoms with Gasteiger partial charge >= 0.3 is 0 Å². The van der Waals surface area contributed by atoms with Crippen molar-refractivity contribution in [3.05, 3.63) is 76.6 Å². The van der Waals surface area contributed by atoms with Gasteiger partial charge in [-0.25, -0.2) is 0 Å². The molecule has 0 bridgehead atoms. The van der Waals surface area contributed by atoms with Crippen molar-refractivity contribution in [2.75, 3.05) is 0 Å². The number of hydrogen-bond donors (Lipinski definition) is 4. The zero-order valence-corrected chi connectivity index (χ0v) is 15.3. The monoisotopic (exact) mass is 379 g/mol. The molecule has 1 heterocycles. The van der Waals surface area contributed by atoms with E-state index in [1.807, 2.05) is 6.92 Å². The summed E-state index contributed by atoms with van der Waals surface area (Å²) in [4.78, 5) is 22.9. The molecule has 0 aliphatic carbocycles. The number of carbonyl (C=O) groups is 2. The van der Waals surface area contributed by atoms with E-state index in [1.54, 1.807) is 48.5 Å². The highest BCUT2D eigenvalue weighted by Gasteiger charge is 2.41. The Bertz CT molecular complexity index is 907. The van der Waals surface area contributed by atoms with Crippen LogP contribution in [-0.2, 0) is 5.41 Å². The molecule has 28 heavy (non-hydrogen) atoms. The molecule has 1 atom stereocenters. The van der Waals surface area contributed by atoms with Gasteiger partial charge in [0.2, 0.25) is 11.8 Å². The van der Waals surface area contributed by atoms with Gasteiger partial charge in [-0.05, 0) is 48.7 Å². The van der Waals surface area contributed by atoms with Crippen molar-refractivity contribution in [2.24, 2.45) is 17.2 Å². The number of carbonyl (C=O) groups excluding carboxylic acids is 2. The fourth-order valence-electron chi connectivity index (χ4n) is 3.42. The summed E-state index contributed by atoms with van der Waals surface area (Å²) in [5.41, 5.74) is 18.4. The maximum atomic E-state index is 11.5. The average molecular weight is 379 g/mol. The van der Waals surface area contributed by atoms with Crippen LogP contribution in [0.2, 0.25) is 0 Å². The first-order valence-corrected chi connectivity index (χ1v) is 8.65. The summed E-state index contributed by atoms with van der Waals surface area (Å²) in [6.07, 6.45) is 0.457. The number of nitrogens with two attached hydrogens (primary N) is 3. The van der Waals surface area contributed by atoms with Crippen LogP contribution in [0.5, 0.6) is 0 Å². The molecule has 0 radical (unpaired) electrons. The van der Waals surface area contributed by atoms with Crippen LogP contribution in [0, 0.1) is 0 Å². The molecule has 0 aliphatic heterocycles. The van der Waals surface area contributed by atoms with Gasteiger partial charge in [0.05, 0.1) is 5.41 Å². The molecular formula is C19H21N7O2. The highest BCUT2D eigenvalue weighted by Crippen LogP contribution is 2.41. The lowest BCUT2D eigenvalue weighted by Gasteiger charge is -2.33. The largest absolute Gasteiger partial charge is 0.366 e. The molecule has 0 aliphatic rings. The number of aromatic nitrogens is 4. The summed E-state index contributed by atoms with van der Waals surface area (Å²) in [6.45, 7) is 1.88. The van der Waals surface area contributed by atoms with Crippen molar-refractivity contribution in [3.63, 3.8) is 0 Å². The number of amides is 2. The Kier molecular flexibility index (Phi) is 5.18. The number of H-pyrrole nitrogens is 1. The number of hydrogen-bond acceptors (Lipinski definition) is 6. The fraction of sp³-hybridized carbons (Fsp3) is 0.211. The molecular weight excluding hydrogens is 358 g/mol. The molecule has 1 aromatic heterocycles. The Morgan fingerprint density at radius 2 is 1.43 bits per heavy atom. The molecule has 9 heteroatoms. The minimum atomic E-state index is -0.854. The molecule has 2 aromatic carbocycles. The smallest absolute Gasteiger partial charge is 0.248 e. The quantitative estimate of drug-likeness (QED) is 0.465. The highest BCUT2D eigenvalue weighted by atomic mass is 16.1. The van der Waals surface area contributed by atoms with E-state index in [4.69, 9.17) is 17.2 Å². The van der Waals surface area contributed by atoms with Crippen molar-refractivity contribution in [2.45, 2.75) is 24.8 Å². The molecule has 7 N–H and O–H groups in total. The molecule has 0 fully saturated rings. The second-order valence-electron chi connectivity index (χ2n) is 6.71. The van der Waals surface area contributed by atoms with Crippen LogP contribution in [0.15, 0.2) is 48.5 Å². The summed E-state index contributed by atoms with van der Waals surface area (Å²) in [5.74, 6) is -0.618. The molecule has 2 amide bonds. The van der Waals surface area contributed by atoms with Crippen LogP contribution in [0.4, 0.5) is 0 Å². The minimum Gasteiger partial charge on any atom is -0.366 e. The molecule has 0 spiro atoms. The zero-order valence-electron chi connectivity index (χ0n) is 15.3. The van der Waals surface area contributed by atoms with Crippen molar-refractivity contribution in [1.82, 2.24) is 20.6 Å². The zero-order chi connectivity index (χ0) is 20.3. The van der Waals surface area contributed by atoms with Crippen LogP contribution >= 0.6 is 0 Å². The van der Waals surface area contributed by atoms with Gasteiger partial charge < -0.3 is 17.2 Å². The number of nitrogens with one attached hydrogen (secondary N) is 1. The van der Waals surface area contributed by atoms with Crippen molar-refractivity contribution in [1.29, 1.82) is 0 Å². The summed E-state index contributed by atoms with van der Waals surface area (Å²) in [5, 5.41) is 14.6. The normalized spacial score (nSPS) is 12.5. The van der Waals surface area contributed by atoms with Crippen molar-refractivity contribution < 1.29 is 9.59 Å². The van der Waals surface area contributed by atoms with E-state index in [0.717, 1.165) is 11.1 Å². The lowest BCUT2D eigenvalue weighted by molar-refractivity contribution is 0.0992. The van der Waals surface area contributed by atoms with Crippen LogP contribution in [-0.4, -0.2) is 38.5 Å². The second kappa shape index (κ2) is 7.57. The summed E-state index contributed by atoms with van der Waals surface area (Å²) in [6, 6.07) is 13.5. The molecule has 0 saturated carbocycles. The predicted octanol–water partition coefficient (Wildman–Crippen LogP) is 0.469. The number of tetrazole rings is 1. The lowest BCUT2D eigenvalue weighted by atomic mass is 9.69. The van der Waals surface area contributed by atoms with Crippen LogP contribution in [0.3, 0.4) is 0 Å². The average Bonchev–Trinajstić information content (AvgIpc) is 3.21. The maximum Gasteiger partial charge on any atom is 0.248 e. The topological polar surface area (TPSA) is 167 Å².